The molecule has 1 heterocycles. The Hall–Kier alpha value is -1.06. The highest BCUT2D eigenvalue weighted by atomic mass is 16.5. The summed E-state index contributed by atoms with van der Waals surface area (Å²) in [6, 6.07) is 6.34. The Labute approximate surface area is 96.6 Å². The molecule has 1 aliphatic rings. The van der Waals surface area contributed by atoms with E-state index in [0.717, 1.165) is 25.4 Å². The first kappa shape index (κ1) is 11.4. The van der Waals surface area contributed by atoms with Crippen LogP contribution in [0.5, 0.6) is 5.75 Å². The lowest BCUT2D eigenvalue weighted by molar-refractivity contribution is 0.0479. The molecule has 0 radical (unpaired) electrons. The van der Waals surface area contributed by atoms with Crippen LogP contribution < -0.4 is 4.74 Å². The van der Waals surface area contributed by atoms with Gasteiger partial charge in [0.05, 0.1) is 7.11 Å². The summed E-state index contributed by atoms with van der Waals surface area (Å²) in [4.78, 5) is 2.34. The van der Waals surface area contributed by atoms with E-state index >= 15 is 0 Å². The van der Waals surface area contributed by atoms with Crippen LogP contribution in [0, 0.1) is 12.8 Å². The van der Waals surface area contributed by atoms with Crippen molar-refractivity contribution in [3.8, 4) is 5.75 Å². The SMILES string of the molecule is COc1cc(CN2CC(CO)C2)ccc1C. The van der Waals surface area contributed by atoms with E-state index in [0.29, 0.717) is 12.5 Å². The lowest BCUT2D eigenvalue weighted by atomic mass is 10.00. The van der Waals surface area contributed by atoms with Crippen LogP contribution in [0.3, 0.4) is 0 Å². The van der Waals surface area contributed by atoms with Gasteiger partial charge in [-0.25, -0.2) is 0 Å². The van der Waals surface area contributed by atoms with E-state index in [-0.39, 0.29) is 0 Å². The summed E-state index contributed by atoms with van der Waals surface area (Å²) >= 11 is 0. The minimum absolute atomic E-state index is 0.313. The van der Waals surface area contributed by atoms with Crippen LogP contribution in [0.25, 0.3) is 0 Å². The molecule has 1 saturated heterocycles. The van der Waals surface area contributed by atoms with E-state index in [2.05, 4.69) is 23.1 Å². The topological polar surface area (TPSA) is 32.7 Å². The number of likely N-dealkylation sites (tertiary alicyclic amines) is 1. The molecule has 0 spiro atoms. The number of aryl methyl sites for hydroxylation is 1. The van der Waals surface area contributed by atoms with Crippen molar-refractivity contribution in [2.24, 2.45) is 5.92 Å². The second kappa shape index (κ2) is 4.85. The van der Waals surface area contributed by atoms with Crippen molar-refractivity contribution in [2.45, 2.75) is 13.5 Å². The second-order valence-corrected chi connectivity index (χ2v) is 4.55. The number of hydrogen-bond donors (Lipinski definition) is 1. The highest BCUT2D eigenvalue weighted by Gasteiger charge is 2.25. The Morgan fingerprint density at radius 1 is 1.44 bits per heavy atom. The summed E-state index contributed by atoms with van der Waals surface area (Å²) in [6.45, 7) is 5.33. The van der Waals surface area contributed by atoms with Crippen LogP contribution in [0.4, 0.5) is 0 Å². The van der Waals surface area contributed by atoms with Gasteiger partial charge in [-0.1, -0.05) is 12.1 Å². The van der Waals surface area contributed by atoms with Gasteiger partial charge in [0.2, 0.25) is 0 Å². The Bertz CT molecular complexity index is 359. The molecule has 0 atom stereocenters. The van der Waals surface area contributed by atoms with Crippen molar-refractivity contribution < 1.29 is 9.84 Å². The fourth-order valence-electron chi connectivity index (χ4n) is 2.14. The molecule has 0 bridgehead atoms. The highest BCUT2D eigenvalue weighted by molar-refractivity contribution is 5.36. The third-order valence-corrected chi connectivity index (χ3v) is 3.17. The molecule has 1 aliphatic heterocycles. The maximum absolute atomic E-state index is 8.94. The van der Waals surface area contributed by atoms with Gasteiger partial charge in [0.15, 0.2) is 0 Å². The summed E-state index contributed by atoms with van der Waals surface area (Å²) in [7, 11) is 1.71. The van der Waals surface area contributed by atoms with E-state index in [1.807, 2.05) is 6.92 Å². The zero-order chi connectivity index (χ0) is 11.5. The van der Waals surface area contributed by atoms with Gasteiger partial charge in [0, 0.05) is 32.2 Å². The van der Waals surface area contributed by atoms with E-state index in [1.165, 1.54) is 11.1 Å². The lowest BCUT2D eigenvalue weighted by Crippen LogP contribution is -2.47. The fraction of sp³-hybridized carbons (Fsp3) is 0.538. The summed E-state index contributed by atoms with van der Waals surface area (Å²) in [6.07, 6.45) is 0. The van der Waals surface area contributed by atoms with Crippen LogP contribution in [-0.2, 0) is 6.54 Å². The minimum atomic E-state index is 0.313. The number of aliphatic hydroxyl groups excluding tert-OH is 1. The number of ether oxygens (including phenoxy) is 1. The molecule has 0 aliphatic carbocycles. The monoisotopic (exact) mass is 221 g/mol. The van der Waals surface area contributed by atoms with Gasteiger partial charge < -0.3 is 9.84 Å². The Morgan fingerprint density at radius 3 is 2.81 bits per heavy atom. The van der Waals surface area contributed by atoms with Gasteiger partial charge in [-0.15, -0.1) is 0 Å². The molecule has 0 amide bonds. The van der Waals surface area contributed by atoms with Gasteiger partial charge in [0.25, 0.3) is 0 Å². The van der Waals surface area contributed by atoms with Crippen molar-refractivity contribution in [1.29, 1.82) is 0 Å². The molecule has 1 aromatic carbocycles. The van der Waals surface area contributed by atoms with Crippen LogP contribution in [0.1, 0.15) is 11.1 Å². The number of rotatable bonds is 4. The number of nitrogens with zero attached hydrogens (tertiary/aromatic N) is 1. The first-order chi connectivity index (χ1) is 7.72. The summed E-state index contributed by atoms with van der Waals surface area (Å²) in [5, 5.41) is 8.94. The molecule has 3 nitrogen and oxygen atoms in total. The van der Waals surface area contributed by atoms with Crippen molar-refractivity contribution in [3.05, 3.63) is 29.3 Å². The largest absolute Gasteiger partial charge is 0.496 e. The van der Waals surface area contributed by atoms with E-state index in [1.54, 1.807) is 7.11 Å². The third kappa shape index (κ3) is 2.36. The molecule has 3 heteroatoms. The Kier molecular flexibility index (Phi) is 3.46. The van der Waals surface area contributed by atoms with Gasteiger partial charge in [0.1, 0.15) is 5.75 Å². The summed E-state index contributed by atoms with van der Waals surface area (Å²) in [5.41, 5.74) is 2.45. The van der Waals surface area contributed by atoms with Crippen molar-refractivity contribution in [2.75, 3.05) is 26.8 Å². The molecule has 0 aromatic heterocycles. The van der Waals surface area contributed by atoms with Gasteiger partial charge in [-0.3, -0.25) is 4.90 Å². The average Bonchev–Trinajstić information content (AvgIpc) is 2.25. The molecule has 0 saturated carbocycles. The first-order valence-electron chi connectivity index (χ1n) is 5.69. The highest BCUT2D eigenvalue weighted by Crippen LogP contribution is 2.22. The average molecular weight is 221 g/mol. The number of aliphatic hydroxyl groups is 1. The number of benzene rings is 1. The molecule has 0 unspecified atom stereocenters. The summed E-state index contributed by atoms with van der Waals surface area (Å²) < 4.78 is 5.30. The van der Waals surface area contributed by atoms with Crippen molar-refractivity contribution in [3.63, 3.8) is 0 Å². The van der Waals surface area contributed by atoms with Crippen LogP contribution in [0.2, 0.25) is 0 Å². The number of methoxy groups -OCH3 is 1. The third-order valence-electron chi connectivity index (χ3n) is 3.17. The standard InChI is InChI=1S/C13H19NO2/c1-10-3-4-11(5-13(10)16-2)6-14-7-12(8-14)9-15/h3-5,12,15H,6-9H2,1-2H3. The maximum Gasteiger partial charge on any atom is 0.122 e. The van der Waals surface area contributed by atoms with E-state index < -0.39 is 0 Å². The predicted octanol–water partition coefficient (Wildman–Crippen LogP) is 1.43. The fourth-order valence-corrected chi connectivity index (χ4v) is 2.14. The van der Waals surface area contributed by atoms with E-state index in [4.69, 9.17) is 9.84 Å². The van der Waals surface area contributed by atoms with Gasteiger partial charge in [-0.2, -0.15) is 0 Å². The predicted molar refractivity (Wildman–Crippen MR) is 63.6 cm³/mol. The molecule has 88 valence electrons. The van der Waals surface area contributed by atoms with E-state index in [9.17, 15) is 0 Å². The molecule has 1 aromatic rings. The van der Waals surface area contributed by atoms with Gasteiger partial charge >= 0.3 is 0 Å². The smallest absolute Gasteiger partial charge is 0.122 e. The molecule has 1 fully saturated rings. The molecular weight excluding hydrogens is 202 g/mol. The molecule has 2 rings (SSSR count). The van der Waals surface area contributed by atoms with Crippen LogP contribution in [0.15, 0.2) is 18.2 Å². The minimum Gasteiger partial charge on any atom is -0.496 e. The Morgan fingerprint density at radius 2 is 2.19 bits per heavy atom. The van der Waals surface area contributed by atoms with Crippen LogP contribution in [-0.4, -0.2) is 36.8 Å². The molecule has 1 N–H and O–H groups in total. The lowest BCUT2D eigenvalue weighted by Gasteiger charge is -2.38. The Balaban J connectivity index is 1.95. The zero-order valence-corrected chi connectivity index (χ0v) is 9.94. The maximum atomic E-state index is 8.94. The van der Waals surface area contributed by atoms with Gasteiger partial charge in [-0.05, 0) is 24.1 Å². The zero-order valence-electron chi connectivity index (χ0n) is 9.94. The quantitative estimate of drug-likeness (QED) is 0.835. The normalized spacial score (nSPS) is 17.2. The van der Waals surface area contributed by atoms with Crippen molar-refractivity contribution in [1.82, 2.24) is 4.90 Å². The van der Waals surface area contributed by atoms with Crippen molar-refractivity contribution >= 4 is 0 Å². The molecule has 16 heavy (non-hydrogen) atoms. The first-order valence-corrected chi connectivity index (χ1v) is 5.69. The summed E-state index contributed by atoms with van der Waals surface area (Å²) in [5.74, 6) is 1.43. The molecular formula is C13H19NO2. The van der Waals surface area contributed by atoms with Crippen LogP contribution >= 0.6 is 0 Å². The second-order valence-electron chi connectivity index (χ2n) is 4.55. The number of hydrogen-bond acceptors (Lipinski definition) is 3.